The molecule has 1 unspecified atom stereocenters. The molecule has 0 amide bonds. The molecular weight excluding hydrogens is 576 g/mol. The zero-order valence-corrected chi connectivity index (χ0v) is 26.5. The average molecular weight is 613 g/mol. The number of allylic oxidation sites excluding steroid dienone is 1. The number of fused-ring (bicyclic) bond motifs is 3. The lowest BCUT2D eigenvalue weighted by Crippen LogP contribution is -2.73. The number of Topliss-reactive ketones (excluding diaryl/α,β-unsaturated/α-hetero) is 4. The summed E-state index contributed by atoms with van der Waals surface area (Å²) in [7, 11) is 0. The van der Waals surface area contributed by atoms with Gasteiger partial charge < -0.3 is 15.5 Å². The van der Waals surface area contributed by atoms with Gasteiger partial charge in [0.25, 0.3) is 0 Å². The van der Waals surface area contributed by atoms with Crippen molar-refractivity contribution < 1.29 is 29.4 Å². The van der Waals surface area contributed by atoms with Gasteiger partial charge in [0.2, 0.25) is 5.78 Å². The van der Waals surface area contributed by atoms with Crippen LogP contribution in [0.4, 0.5) is 10.8 Å². The van der Waals surface area contributed by atoms with Crippen LogP contribution in [0.5, 0.6) is 5.75 Å². The number of hydrogen-bond acceptors (Lipinski definition) is 9. The van der Waals surface area contributed by atoms with E-state index in [1.165, 1.54) is 18.3 Å². The van der Waals surface area contributed by atoms with Gasteiger partial charge >= 0.3 is 0 Å². The van der Waals surface area contributed by atoms with Crippen molar-refractivity contribution in [2.45, 2.75) is 60.0 Å². The number of phenolic OH excluding ortho intramolecular Hbond substituents is 1. The van der Waals surface area contributed by atoms with Crippen LogP contribution >= 0.6 is 11.3 Å². The Balaban J connectivity index is 1.42. The number of rotatable bonds is 5. The van der Waals surface area contributed by atoms with Crippen molar-refractivity contribution in [2.24, 2.45) is 28.6 Å². The van der Waals surface area contributed by atoms with E-state index in [0.717, 1.165) is 11.3 Å². The number of nitrogens with one attached hydrogen (secondary N) is 1. The predicted molar refractivity (Wildman–Crippen MR) is 168 cm³/mol. The maximum Gasteiger partial charge on any atom is 0.206 e. The van der Waals surface area contributed by atoms with E-state index in [-0.39, 0.29) is 34.9 Å². The summed E-state index contributed by atoms with van der Waals surface area (Å²) >= 11 is 1.35. The Labute approximate surface area is 260 Å². The van der Waals surface area contributed by atoms with Gasteiger partial charge in [0.1, 0.15) is 5.75 Å². The van der Waals surface area contributed by atoms with Crippen LogP contribution in [0.1, 0.15) is 63.9 Å². The Morgan fingerprint density at radius 3 is 2.41 bits per heavy atom. The standard InChI is InChI=1S/C35H36N2O6S/c1-17(2)26-18(3)24(19(4)38)30(41)35(43)31(42)27-29(40)25-21(14-33(27,5)16-34(26,35)6)12-13-22(28(25)39)36-32-37-23(15-44-32)20-10-8-7-9-11-20/h7-13,15,17,26-27,39,43H,14,16H2,1-6H3,(H,36,37)/t26-,27?,33+,34+,35-/m1/s1. The van der Waals surface area contributed by atoms with Crippen LogP contribution in [0.15, 0.2) is 59.0 Å². The molecule has 3 aliphatic rings. The molecule has 0 radical (unpaired) electrons. The van der Waals surface area contributed by atoms with Crippen molar-refractivity contribution >= 4 is 45.3 Å². The number of ketones is 4. The van der Waals surface area contributed by atoms with Crippen LogP contribution in [0.2, 0.25) is 0 Å². The van der Waals surface area contributed by atoms with Gasteiger partial charge in [0.05, 0.1) is 28.4 Å². The quantitative estimate of drug-likeness (QED) is 0.179. The van der Waals surface area contributed by atoms with Crippen molar-refractivity contribution in [2.75, 3.05) is 5.32 Å². The molecule has 0 bridgehead atoms. The lowest BCUT2D eigenvalue weighted by Gasteiger charge is -2.61. The van der Waals surface area contributed by atoms with E-state index in [0.29, 0.717) is 22.7 Å². The highest BCUT2D eigenvalue weighted by atomic mass is 32.1. The van der Waals surface area contributed by atoms with E-state index in [1.54, 1.807) is 26.0 Å². The van der Waals surface area contributed by atoms with Crippen molar-refractivity contribution in [1.82, 2.24) is 4.98 Å². The summed E-state index contributed by atoms with van der Waals surface area (Å²) < 4.78 is 0. The number of aromatic hydroxyl groups is 1. The summed E-state index contributed by atoms with van der Waals surface area (Å²) in [5.41, 5.74) is -1.74. The first kappa shape index (κ1) is 30.1. The molecule has 3 N–H and O–H groups in total. The van der Waals surface area contributed by atoms with E-state index in [1.807, 2.05) is 56.5 Å². The van der Waals surface area contributed by atoms with Crippen LogP contribution in [-0.4, -0.2) is 43.9 Å². The van der Waals surface area contributed by atoms with Crippen molar-refractivity contribution in [3.8, 4) is 17.0 Å². The Bertz CT molecular complexity index is 1790. The first-order chi connectivity index (χ1) is 20.7. The molecule has 9 heteroatoms. The largest absolute Gasteiger partial charge is 0.505 e. The number of aliphatic hydroxyl groups is 1. The molecule has 44 heavy (non-hydrogen) atoms. The van der Waals surface area contributed by atoms with E-state index < -0.39 is 51.4 Å². The highest BCUT2D eigenvalue weighted by molar-refractivity contribution is 7.14. The zero-order chi connectivity index (χ0) is 31.9. The molecule has 3 aromatic rings. The smallest absolute Gasteiger partial charge is 0.206 e. The maximum absolute atomic E-state index is 14.5. The molecule has 2 aromatic carbocycles. The Morgan fingerprint density at radius 1 is 1.09 bits per heavy atom. The number of thiazole rings is 1. The van der Waals surface area contributed by atoms with Gasteiger partial charge in [0, 0.05) is 16.4 Å². The molecule has 6 rings (SSSR count). The number of carbonyl (C=O) groups is 4. The van der Waals surface area contributed by atoms with E-state index in [9.17, 15) is 29.4 Å². The molecule has 1 aromatic heterocycles. The molecule has 1 saturated carbocycles. The molecule has 228 valence electrons. The van der Waals surface area contributed by atoms with Gasteiger partial charge in [-0.25, -0.2) is 4.98 Å². The Kier molecular flexibility index (Phi) is 6.86. The number of aromatic nitrogens is 1. The first-order valence-corrected chi connectivity index (χ1v) is 15.7. The van der Waals surface area contributed by atoms with Crippen LogP contribution in [0, 0.1) is 28.6 Å². The van der Waals surface area contributed by atoms with E-state index in [4.69, 9.17) is 0 Å². The summed E-state index contributed by atoms with van der Waals surface area (Å²) in [5.74, 6) is -5.19. The molecule has 0 saturated heterocycles. The molecule has 3 aliphatic carbocycles. The fraction of sp³-hybridized carbons (Fsp3) is 0.400. The highest BCUT2D eigenvalue weighted by Crippen LogP contribution is 2.64. The molecule has 1 heterocycles. The van der Waals surface area contributed by atoms with Gasteiger partial charge in [-0.1, -0.05) is 69.7 Å². The van der Waals surface area contributed by atoms with Crippen LogP contribution < -0.4 is 5.32 Å². The number of carbonyl (C=O) groups excluding carboxylic acids is 4. The SMILES string of the molecule is CC(=O)C1=C(C)[C@@H](C(C)C)[C@]2(C)C[C@]3(C)Cc4ccc(Nc5nc(-c6ccccc6)cs5)c(O)c4C(=O)C3C(=O)[C@]2(O)C1=O. The fourth-order valence-electron chi connectivity index (χ4n) is 8.77. The Morgan fingerprint density at radius 2 is 1.77 bits per heavy atom. The molecule has 0 aliphatic heterocycles. The first-order valence-electron chi connectivity index (χ1n) is 14.9. The van der Waals surface area contributed by atoms with E-state index >= 15 is 0 Å². The van der Waals surface area contributed by atoms with Crippen molar-refractivity contribution in [3.05, 3.63) is 70.1 Å². The molecule has 1 fully saturated rings. The summed E-state index contributed by atoms with van der Waals surface area (Å²) in [6.45, 7) is 10.5. The minimum absolute atomic E-state index is 0.0000454. The molecule has 0 spiro atoms. The van der Waals surface area contributed by atoms with Crippen molar-refractivity contribution in [3.63, 3.8) is 0 Å². The topological polar surface area (TPSA) is 134 Å². The number of nitrogens with zero attached hydrogens (tertiary/aromatic N) is 1. The summed E-state index contributed by atoms with van der Waals surface area (Å²) in [4.78, 5) is 60.0. The Hall–Kier alpha value is -3.95. The normalized spacial score (nSPS) is 29.8. The van der Waals surface area contributed by atoms with Gasteiger partial charge in [-0.05, 0) is 55.6 Å². The summed E-state index contributed by atoms with van der Waals surface area (Å²) in [6, 6.07) is 13.1. The molecule has 8 nitrogen and oxygen atoms in total. The third kappa shape index (κ3) is 4.02. The monoisotopic (exact) mass is 612 g/mol. The second-order valence-electron chi connectivity index (χ2n) is 13.5. The predicted octanol–water partition coefficient (Wildman–Crippen LogP) is 6.09. The number of benzene rings is 2. The maximum atomic E-state index is 14.5. The molecular formula is C35H36N2O6S. The third-order valence-corrected chi connectivity index (χ3v) is 11.0. The minimum atomic E-state index is -2.56. The average Bonchev–Trinajstić information content (AvgIpc) is 3.41. The van der Waals surface area contributed by atoms with Crippen LogP contribution in [0.25, 0.3) is 11.3 Å². The van der Waals surface area contributed by atoms with Gasteiger partial charge in [-0.15, -0.1) is 11.3 Å². The number of phenols is 1. The summed E-state index contributed by atoms with van der Waals surface area (Å²) in [6.07, 6.45) is 0.498. The lowest BCUT2D eigenvalue weighted by molar-refractivity contribution is -0.192. The number of hydrogen-bond donors (Lipinski definition) is 3. The van der Waals surface area contributed by atoms with Crippen molar-refractivity contribution in [1.29, 1.82) is 0 Å². The summed E-state index contributed by atoms with van der Waals surface area (Å²) in [5, 5.41) is 29.2. The van der Waals surface area contributed by atoms with Crippen LogP contribution in [-0.2, 0) is 20.8 Å². The zero-order valence-electron chi connectivity index (χ0n) is 25.6. The minimum Gasteiger partial charge on any atom is -0.505 e. The number of anilines is 2. The van der Waals surface area contributed by atoms with Gasteiger partial charge in [-0.3, -0.25) is 19.2 Å². The van der Waals surface area contributed by atoms with Gasteiger partial charge in [-0.2, -0.15) is 0 Å². The highest BCUT2D eigenvalue weighted by Gasteiger charge is 2.73. The fourth-order valence-corrected chi connectivity index (χ4v) is 9.50. The van der Waals surface area contributed by atoms with Crippen LogP contribution in [0.3, 0.4) is 0 Å². The molecule has 5 atom stereocenters. The van der Waals surface area contributed by atoms with Gasteiger partial charge in [0.15, 0.2) is 28.1 Å². The second-order valence-corrected chi connectivity index (χ2v) is 14.3. The second kappa shape index (κ2) is 10.0. The third-order valence-electron chi connectivity index (χ3n) is 10.2. The lowest BCUT2D eigenvalue weighted by atomic mass is 9.40. The van der Waals surface area contributed by atoms with E-state index in [2.05, 4.69) is 10.3 Å².